The van der Waals surface area contributed by atoms with Crippen LogP contribution < -0.4 is 5.32 Å². The van der Waals surface area contributed by atoms with Gasteiger partial charge in [-0.05, 0) is 25.1 Å². The van der Waals surface area contributed by atoms with Crippen molar-refractivity contribution in [1.29, 1.82) is 0 Å². The fraction of sp³-hybridized carbons (Fsp3) is 0.0769. The van der Waals surface area contributed by atoms with Crippen molar-refractivity contribution in [3.63, 3.8) is 0 Å². The molecule has 20 heavy (non-hydrogen) atoms. The molecule has 0 aliphatic rings. The number of carboxylic acids is 1. The standard InChI is InChI=1S/C13H11N3O3S/c1-8-15-9(7-20-8)4-5-11(17)16-12-10(13(18)19)3-2-6-14-12/h2-7H,1H3,(H,18,19)(H,14,16,17). The monoisotopic (exact) mass is 289 g/mol. The van der Waals surface area contributed by atoms with Crippen LogP contribution in [0, 0.1) is 6.92 Å². The van der Waals surface area contributed by atoms with Crippen LogP contribution in [0.2, 0.25) is 0 Å². The van der Waals surface area contributed by atoms with Crippen molar-refractivity contribution < 1.29 is 14.7 Å². The van der Waals surface area contributed by atoms with E-state index in [-0.39, 0.29) is 11.4 Å². The highest BCUT2D eigenvalue weighted by Crippen LogP contribution is 2.12. The van der Waals surface area contributed by atoms with Crippen LogP contribution >= 0.6 is 11.3 Å². The molecule has 2 N–H and O–H groups in total. The maximum Gasteiger partial charge on any atom is 0.339 e. The molecule has 2 heterocycles. The molecular weight excluding hydrogens is 278 g/mol. The van der Waals surface area contributed by atoms with E-state index in [4.69, 9.17) is 5.11 Å². The molecule has 0 aromatic carbocycles. The number of nitrogens with one attached hydrogen (secondary N) is 1. The Labute approximate surface area is 118 Å². The van der Waals surface area contributed by atoms with Crippen LogP contribution in [0.25, 0.3) is 6.08 Å². The van der Waals surface area contributed by atoms with Gasteiger partial charge in [-0.3, -0.25) is 4.79 Å². The van der Waals surface area contributed by atoms with E-state index in [1.54, 1.807) is 6.08 Å². The summed E-state index contributed by atoms with van der Waals surface area (Å²) in [5, 5.41) is 14.1. The summed E-state index contributed by atoms with van der Waals surface area (Å²) in [6.07, 6.45) is 4.26. The number of aryl methyl sites for hydroxylation is 1. The van der Waals surface area contributed by atoms with Crippen molar-refractivity contribution >= 4 is 35.1 Å². The molecule has 0 saturated carbocycles. The minimum atomic E-state index is -1.15. The number of amides is 1. The first kappa shape index (κ1) is 13.9. The second-order valence-electron chi connectivity index (χ2n) is 3.82. The van der Waals surface area contributed by atoms with E-state index in [9.17, 15) is 9.59 Å². The van der Waals surface area contributed by atoms with Gasteiger partial charge in [-0.1, -0.05) is 0 Å². The maximum absolute atomic E-state index is 11.7. The van der Waals surface area contributed by atoms with Crippen molar-refractivity contribution in [2.24, 2.45) is 0 Å². The van der Waals surface area contributed by atoms with Crippen molar-refractivity contribution in [1.82, 2.24) is 9.97 Å². The SMILES string of the molecule is Cc1nc(C=CC(=O)Nc2ncccc2C(=O)O)cs1. The first-order valence-corrected chi connectivity index (χ1v) is 6.54. The molecule has 0 atom stereocenters. The Kier molecular flexibility index (Phi) is 4.21. The Bertz CT molecular complexity index is 679. The predicted octanol–water partition coefficient (Wildman–Crippen LogP) is 2.20. The van der Waals surface area contributed by atoms with E-state index in [0.29, 0.717) is 5.69 Å². The normalized spacial score (nSPS) is 10.7. The molecule has 0 fully saturated rings. The van der Waals surface area contributed by atoms with Crippen LogP contribution in [0.3, 0.4) is 0 Å². The summed E-state index contributed by atoms with van der Waals surface area (Å²) in [7, 11) is 0. The third kappa shape index (κ3) is 3.48. The average molecular weight is 289 g/mol. The summed E-state index contributed by atoms with van der Waals surface area (Å²) in [4.78, 5) is 30.7. The molecule has 6 nitrogen and oxygen atoms in total. The summed E-state index contributed by atoms with van der Waals surface area (Å²) in [5.74, 6) is -1.59. The fourth-order valence-electron chi connectivity index (χ4n) is 1.45. The van der Waals surface area contributed by atoms with Crippen LogP contribution in [0.15, 0.2) is 29.8 Å². The number of pyridine rings is 1. The highest BCUT2D eigenvalue weighted by Gasteiger charge is 2.11. The number of nitrogens with zero attached hydrogens (tertiary/aromatic N) is 2. The molecular formula is C13H11N3O3S. The molecule has 0 unspecified atom stereocenters. The lowest BCUT2D eigenvalue weighted by molar-refractivity contribution is -0.111. The van der Waals surface area contributed by atoms with Gasteiger partial charge in [0.05, 0.1) is 10.7 Å². The molecule has 0 bridgehead atoms. The number of rotatable bonds is 4. The van der Waals surface area contributed by atoms with Gasteiger partial charge >= 0.3 is 5.97 Å². The van der Waals surface area contributed by atoms with Gasteiger partial charge in [0.25, 0.3) is 0 Å². The highest BCUT2D eigenvalue weighted by molar-refractivity contribution is 7.09. The van der Waals surface area contributed by atoms with Gasteiger partial charge in [0.15, 0.2) is 0 Å². The number of anilines is 1. The van der Waals surface area contributed by atoms with Gasteiger partial charge in [-0.2, -0.15) is 0 Å². The van der Waals surface area contributed by atoms with Crippen molar-refractivity contribution in [3.8, 4) is 0 Å². The zero-order valence-electron chi connectivity index (χ0n) is 10.5. The molecule has 0 aliphatic heterocycles. The van der Waals surface area contributed by atoms with Gasteiger partial charge in [0, 0.05) is 17.7 Å². The molecule has 1 amide bonds. The second kappa shape index (κ2) is 6.07. The topological polar surface area (TPSA) is 92.2 Å². The molecule has 0 spiro atoms. The van der Waals surface area contributed by atoms with Gasteiger partial charge < -0.3 is 10.4 Å². The summed E-state index contributed by atoms with van der Waals surface area (Å²) in [5.41, 5.74) is 0.626. The molecule has 7 heteroatoms. The van der Waals surface area contributed by atoms with Crippen LogP contribution in [-0.2, 0) is 4.79 Å². The Balaban J connectivity index is 2.09. The quantitative estimate of drug-likeness (QED) is 0.842. The third-order valence-corrected chi connectivity index (χ3v) is 3.11. The predicted molar refractivity (Wildman–Crippen MR) is 75.7 cm³/mol. The van der Waals surface area contributed by atoms with E-state index >= 15 is 0 Å². The number of hydrogen-bond acceptors (Lipinski definition) is 5. The van der Waals surface area contributed by atoms with Crippen molar-refractivity contribution in [3.05, 3.63) is 46.1 Å². The Morgan fingerprint density at radius 2 is 2.25 bits per heavy atom. The number of carbonyl (C=O) groups is 2. The molecule has 0 saturated heterocycles. The Hall–Kier alpha value is -2.54. The Morgan fingerprint density at radius 1 is 1.45 bits per heavy atom. The number of carboxylic acid groups (broad SMARTS) is 1. The molecule has 2 aromatic rings. The van der Waals surface area contributed by atoms with Crippen LogP contribution in [0.1, 0.15) is 21.1 Å². The van der Waals surface area contributed by atoms with E-state index in [0.717, 1.165) is 5.01 Å². The number of hydrogen-bond donors (Lipinski definition) is 2. The first-order chi connectivity index (χ1) is 9.56. The van der Waals surface area contributed by atoms with Crippen molar-refractivity contribution in [2.45, 2.75) is 6.92 Å². The van der Waals surface area contributed by atoms with Gasteiger partial charge in [-0.15, -0.1) is 11.3 Å². The van der Waals surface area contributed by atoms with Gasteiger partial charge in [0.1, 0.15) is 11.4 Å². The third-order valence-electron chi connectivity index (χ3n) is 2.32. The second-order valence-corrected chi connectivity index (χ2v) is 4.88. The molecule has 2 rings (SSSR count). The first-order valence-electron chi connectivity index (χ1n) is 5.66. The number of aromatic nitrogens is 2. The lowest BCUT2D eigenvalue weighted by atomic mass is 10.2. The van der Waals surface area contributed by atoms with Gasteiger partial charge in [-0.25, -0.2) is 14.8 Å². The van der Waals surface area contributed by atoms with E-state index < -0.39 is 11.9 Å². The summed E-state index contributed by atoms with van der Waals surface area (Å²) >= 11 is 1.48. The molecule has 0 radical (unpaired) electrons. The molecule has 0 aliphatic carbocycles. The zero-order valence-corrected chi connectivity index (χ0v) is 11.3. The highest BCUT2D eigenvalue weighted by atomic mass is 32.1. The minimum absolute atomic E-state index is 0.0177. The van der Waals surface area contributed by atoms with Crippen LogP contribution in [-0.4, -0.2) is 27.0 Å². The summed E-state index contributed by atoms with van der Waals surface area (Å²) in [6, 6.07) is 2.87. The number of carbonyl (C=O) groups excluding carboxylic acids is 1. The lowest BCUT2D eigenvalue weighted by Crippen LogP contribution is -2.13. The number of aromatic carboxylic acids is 1. The minimum Gasteiger partial charge on any atom is -0.478 e. The number of thiazole rings is 1. The van der Waals surface area contributed by atoms with Gasteiger partial charge in [0.2, 0.25) is 5.91 Å². The van der Waals surface area contributed by atoms with E-state index in [1.165, 1.54) is 35.7 Å². The molecule has 2 aromatic heterocycles. The summed E-state index contributed by atoms with van der Waals surface area (Å²) in [6.45, 7) is 1.87. The van der Waals surface area contributed by atoms with Crippen LogP contribution in [0.4, 0.5) is 5.82 Å². The van der Waals surface area contributed by atoms with E-state index in [2.05, 4.69) is 15.3 Å². The van der Waals surface area contributed by atoms with Crippen LogP contribution in [0.5, 0.6) is 0 Å². The maximum atomic E-state index is 11.7. The smallest absolute Gasteiger partial charge is 0.339 e. The van der Waals surface area contributed by atoms with Crippen molar-refractivity contribution in [2.75, 3.05) is 5.32 Å². The summed E-state index contributed by atoms with van der Waals surface area (Å²) < 4.78 is 0. The lowest BCUT2D eigenvalue weighted by Gasteiger charge is -2.04. The van der Waals surface area contributed by atoms with E-state index in [1.807, 2.05) is 12.3 Å². The largest absolute Gasteiger partial charge is 0.478 e. The molecule has 102 valence electrons. The fourth-order valence-corrected chi connectivity index (χ4v) is 2.03. The Morgan fingerprint density at radius 3 is 2.90 bits per heavy atom. The average Bonchev–Trinajstić information content (AvgIpc) is 2.83. The zero-order chi connectivity index (χ0) is 14.5.